The zero-order valence-electron chi connectivity index (χ0n) is 12.8. The summed E-state index contributed by atoms with van der Waals surface area (Å²) < 4.78 is 6.77. The summed E-state index contributed by atoms with van der Waals surface area (Å²) in [5.41, 5.74) is 1.86. The van der Waals surface area contributed by atoms with Crippen LogP contribution in [0.5, 0.6) is 11.5 Å². The molecule has 2 rings (SSSR count). The molecule has 2 aromatic carbocycles. The van der Waals surface area contributed by atoms with Crippen molar-refractivity contribution in [1.29, 1.82) is 0 Å². The minimum Gasteiger partial charge on any atom is -0.455 e. The summed E-state index contributed by atoms with van der Waals surface area (Å²) in [6.45, 7) is 4.97. The van der Waals surface area contributed by atoms with Crippen LogP contribution < -0.4 is 4.74 Å². The average molecular weight is 382 g/mol. The molecule has 0 unspecified atom stereocenters. The first-order chi connectivity index (χ1) is 10.5. The maximum absolute atomic E-state index is 6.13. The number of ether oxygens (including phenoxy) is 1. The van der Waals surface area contributed by atoms with E-state index >= 15 is 0 Å². The highest BCUT2D eigenvalue weighted by Gasteiger charge is 2.09. The van der Waals surface area contributed by atoms with Crippen molar-refractivity contribution in [2.75, 3.05) is 13.6 Å². The van der Waals surface area contributed by atoms with Crippen LogP contribution in [0.2, 0.25) is 5.02 Å². The number of rotatable bonds is 5. The van der Waals surface area contributed by atoms with Crippen LogP contribution in [0.1, 0.15) is 12.5 Å². The topological polar surface area (TPSA) is 24.8 Å². The normalized spacial score (nSPS) is 11.0. The van der Waals surface area contributed by atoms with Crippen molar-refractivity contribution in [3.8, 4) is 11.5 Å². The van der Waals surface area contributed by atoms with Crippen LogP contribution in [0.3, 0.4) is 0 Å². The van der Waals surface area contributed by atoms with Crippen molar-refractivity contribution in [1.82, 2.24) is 4.90 Å². The van der Waals surface area contributed by atoms with E-state index in [1.807, 2.05) is 55.5 Å². The quantitative estimate of drug-likeness (QED) is 0.482. The number of aliphatic imine (C=N–C) groups is 1. The predicted molar refractivity (Wildman–Crippen MR) is 96.9 cm³/mol. The van der Waals surface area contributed by atoms with Crippen molar-refractivity contribution < 1.29 is 4.74 Å². The molecule has 22 heavy (non-hydrogen) atoms. The first kappa shape index (κ1) is 16.8. The van der Waals surface area contributed by atoms with Gasteiger partial charge in [-0.25, -0.2) is 4.99 Å². The second-order valence-electron chi connectivity index (χ2n) is 4.92. The van der Waals surface area contributed by atoms with Gasteiger partial charge in [0.1, 0.15) is 11.5 Å². The van der Waals surface area contributed by atoms with Crippen molar-refractivity contribution in [3.05, 3.63) is 51.5 Å². The Kier molecular flexibility index (Phi) is 5.86. The summed E-state index contributed by atoms with van der Waals surface area (Å²) in [5.74, 6) is 1.39. The largest absolute Gasteiger partial charge is 0.455 e. The van der Waals surface area contributed by atoms with Crippen molar-refractivity contribution in [2.45, 2.75) is 13.8 Å². The molecule has 0 aromatic heterocycles. The lowest BCUT2D eigenvalue weighted by molar-refractivity contribution is 0.479. The number of aryl methyl sites for hydroxylation is 1. The van der Waals surface area contributed by atoms with Gasteiger partial charge in [0.2, 0.25) is 0 Å². The third-order valence-corrected chi connectivity index (χ3v) is 4.14. The van der Waals surface area contributed by atoms with E-state index in [2.05, 4.69) is 27.8 Å². The molecule has 0 atom stereocenters. The van der Waals surface area contributed by atoms with Crippen LogP contribution in [0.25, 0.3) is 0 Å². The molecule has 2 aromatic rings. The van der Waals surface area contributed by atoms with Gasteiger partial charge in [-0.15, -0.1) is 0 Å². The van der Waals surface area contributed by atoms with E-state index in [4.69, 9.17) is 16.3 Å². The van der Waals surface area contributed by atoms with Gasteiger partial charge >= 0.3 is 0 Å². The molecular weight excluding hydrogens is 364 g/mol. The molecule has 0 aliphatic rings. The first-order valence-corrected chi connectivity index (χ1v) is 8.15. The number of hydrogen-bond acceptors (Lipinski definition) is 2. The van der Waals surface area contributed by atoms with E-state index in [1.165, 1.54) is 0 Å². The molecule has 0 aliphatic heterocycles. The fourth-order valence-corrected chi connectivity index (χ4v) is 2.34. The minimum atomic E-state index is 0.588. The molecule has 5 heteroatoms. The molecule has 0 fully saturated rings. The van der Waals surface area contributed by atoms with E-state index in [0.29, 0.717) is 10.8 Å². The number of halogens is 2. The monoisotopic (exact) mass is 380 g/mol. The molecular formula is C17H18BrClN2O. The Hall–Kier alpha value is -1.52. The Morgan fingerprint density at radius 3 is 2.68 bits per heavy atom. The number of hydrogen-bond donors (Lipinski definition) is 0. The zero-order valence-corrected chi connectivity index (χ0v) is 15.1. The Morgan fingerprint density at radius 1 is 1.27 bits per heavy atom. The third kappa shape index (κ3) is 4.24. The summed E-state index contributed by atoms with van der Waals surface area (Å²) in [7, 11) is 1.99. The summed E-state index contributed by atoms with van der Waals surface area (Å²) in [4.78, 5) is 6.49. The predicted octanol–water partition coefficient (Wildman–Crippen LogP) is 5.81. The van der Waals surface area contributed by atoms with Crippen LogP contribution in [0.4, 0.5) is 5.69 Å². The van der Waals surface area contributed by atoms with E-state index in [9.17, 15) is 0 Å². The molecule has 0 saturated carbocycles. The van der Waals surface area contributed by atoms with Gasteiger partial charge in [-0.1, -0.05) is 23.7 Å². The molecule has 116 valence electrons. The summed E-state index contributed by atoms with van der Waals surface area (Å²) in [6.07, 6.45) is 1.81. The fraction of sp³-hybridized carbons (Fsp3) is 0.235. The summed E-state index contributed by atoms with van der Waals surface area (Å²) in [6, 6.07) is 11.3. The first-order valence-electron chi connectivity index (χ1n) is 6.98. The fourth-order valence-electron chi connectivity index (χ4n) is 1.75. The molecule has 0 aliphatic carbocycles. The van der Waals surface area contributed by atoms with Gasteiger partial charge in [-0.05, 0) is 59.6 Å². The van der Waals surface area contributed by atoms with Crippen molar-refractivity contribution >= 4 is 39.6 Å². The molecule has 0 bridgehead atoms. The zero-order chi connectivity index (χ0) is 16.1. The molecule has 0 saturated heterocycles. The number of para-hydroxylation sites is 1. The van der Waals surface area contributed by atoms with Crippen molar-refractivity contribution in [3.63, 3.8) is 0 Å². The van der Waals surface area contributed by atoms with Crippen LogP contribution in [0.15, 0.2) is 45.9 Å². The Morgan fingerprint density at radius 2 is 2.00 bits per heavy atom. The molecule has 3 nitrogen and oxygen atoms in total. The molecule has 0 radical (unpaired) electrons. The van der Waals surface area contributed by atoms with Gasteiger partial charge in [-0.2, -0.15) is 0 Å². The lowest BCUT2D eigenvalue weighted by atomic mass is 10.2. The number of benzene rings is 2. The van der Waals surface area contributed by atoms with E-state index in [0.717, 1.165) is 28.0 Å². The SMILES string of the molecule is CCN(C)C=Nc1cc(C)c(Oc2ccccc2Cl)cc1Br. The second kappa shape index (κ2) is 7.65. The minimum absolute atomic E-state index is 0.588. The van der Waals surface area contributed by atoms with Crippen LogP contribution in [-0.4, -0.2) is 24.8 Å². The van der Waals surface area contributed by atoms with E-state index in [-0.39, 0.29) is 0 Å². The van der Waals surface area contributed by atoms with E-state index in [1.54, 1.807) is 6.07 Å². The van der Waals surface area contributed by atoms with Crippen LogP contribution in [-0.2, 0) is 0 Å². The third-order valence-electron chi connectivity index (χ3n) is 3.19. The highest BCUT2D eigenvalue weighted by molar-refractivity contribution is 9.10. The van der Waals surface area contributed by atoms with Crippen LogP contribution >= 0.6 is 27.5 Å². The van der Waals surface area contributed by atoms with Gasteiger partial charge < -0.3 is 9.64 Å². The number of nitrogens with zero attached hydrogens (tertiary/aromatic N) is 2. The second-order valence-corrected chi connectivity index (χ2v) is 6.18. The summed E-state index contributed by atoms with van der Waals surface area (Å²) >= 11 is 9.67. The Bertz CT molecular complexity index is 688. The van der Waals surface area contributed by atoms with Gasteiger partial charge in [0.15, 0.2) is 0 Å². The van der Waals surface area contributed by atoms with Gasteiger partial charge in [0.05, 0.1) is 17.0 Å². The molecule has 0 spiro atoms. The van der Waals surface area contributed by atoms with Crippen LogP contribution in [0, 0.1) is 6.92 Å². The Balaban J connectivity index is 2.27. The Labute approximate surface area is 144 Å². The van der Waals surface area contributed by atoms with Gasteiger partial charge in [0, 0.05) is 18.1 Å². The highest BCUT2D eigenvalue weighted by atomic mass is 79.9. The maximum Gasteiger partial charge on any atom is 0.146 e. The molecule has 0 N–H and O–H groups in total. The lowest BCUT2D eigenvalue weighted by Gasteiger charge is -2.12. The van der Waals surface area contributed by atoms with Gasteiger partial charge in [-0.3, -0.25) is 0 Å². The average Bonchev–Trinajstić information content (AvgIpc) is 2.51. The standard InChI is InChI=1S/C17H18BrClN2O/c1-4-21(3)11-20-15-9-12(2)17(10-13(15)18)22-16-8-6-5-7-14(16)19/h5-11H,4H2,1-3H3. The molecule has 0 amide bonds. The van der Waals surface area contributed by atoms with Crippen molar-refractivity contribution in [2.24, 2.45) is 4.99 Å². The lowest BCUT2D eigenvalue weighted by Crippen LogP contribution is -2.14. The highest BCUT2D eigenvalue weighted by Crippen LogP contribution is 2.36. The van der Waals surface area contributed by atoms with E-state index < -0.39 is 0 Å². The van der Waals surface area contributed by atoms with Gasteiger partial charge in [0.25, 0.3) is 0 Å². The molecule has 0 heterocycles. The smallest absolute Gasteiger partial charge is 0.146 e. The summed E-state index contributed by atoms with van der Waals surface area (Å²) in [5, 5.41) is 0.588. The maximum atomic E-state index is 6.13.